The van der Waals surface area contributed by atoms with E-state index in [9.17, 15) is 14.4 Å². The number of methoxy groups -OCH3 is 1. The van der Waals surface area contributed by atoms with Crippen LogP contribution in [-0.4, -0.2) is 41.8 Å². The molecule has 10 nitrogen and oxygen atoms in total. The van der Waals surface area contributed by atoms with E-state index in [1.54, 1.807) is 36.4 Å². The van der Waals surface area contributed by atoms with Crippen LogP contribution in [0, 0.1) is 10.8 Å². The van der Waals surface area contributed by atoms with Crippen molar-refractivity contribution in [3.8, 4) is 16.9 Å². The zero-order valence-electron chi connectivity index (χ0n) is 25.9. The fourth-order valence-corrected chi connectivity index (χ4v) is 4.29. The Morgan fingerprint density at radius 2 is 1.60 bits per heavy atom. The van der Waals surface area contributed by atoms with Crippen LogP contribution >= 0.6 is 0 Å². The van der Waals surface area contributed by atoms with E-state index in [2.05, 4.69) is 15.6 Å². The number of anilines is 1. The second-order valence-corrected chi connectivity index (χ2v) is 11.6. The highest BCUT2D eigenvalue weighted by Crippen LogP contribution is 2.32. The molecule has 4 aromatic rings. The number of ether oxygens (including phenoxy) is 2. The summed E-state index contributed by atoms with van der Waals surface area (Å²) < 4.78 is 11.1. The lowest BCUT2D eigenvalue weighted by Gasteiger charge is -2.28. The molecule has 0 saturated carbocycles. The van der Waals surface area contributed by atoms with E-state index >= 15 is 0 Å². The maximum Gasteiger partial charge on any atom is 0.339 e. The maximum absolute atomic E-state index is 13.6. The van der Waals surface area contributed by atoms with Gasteiger partial charge in [0.1, 0.15) is 23.9 Å². The quantitative estimate of drug-likeness (QED) is 0.101. The summed E-state index contributed by atoms with van der Waals surface area (Å²) in [4.78, 5) is 44.6. The summed E-state index contributed by atoms with van der Waals surface area (Å²) in [6.45, 7) is 8.02. The summed E-state index contributed by atoms with van der Waals surface area (Å²) in [7, 11) is 1.49. The van der Waals surface area contributed by atoms with Crippen molar-refractivity contribution in [2.45, 2.75) is 40.3 Å². The molecule has 0 bridgehead atoms. The molecule has 1 heterocycles. The first-order valence-corrected chi connectivity index (χ1v) is 14.3. The number of aromatic nitrogens is 1. The Morgan fingerprint density at radius 1 is 0.911 bits per heavy atom. The van der Waals surface area contributed by atoms with Crippen molar-refractivity contribution in [3.63, 3.8) is 0 Å². The predicted octanol–water partition coefficient (Wildman–Crippen LogP) is 5.81. The predicted molar refractivity (Wildman–Crippen MR) is 174 cm³/mol. The van der Waals surface area contributed by atoms with Crippen molar-refractivity contribution in [3.05, 3.63) is 113 Å². The van der Waals surface area contributed by atoms with E-state index in [1.807, 2.05) is 58.0 Å². The number of amidine groups is 1. The van der Waals surface area contributed by atoms with Gasteiger partial charge in [-0.15, -0.1) is 0 Å². The Labute approximate surface area is 262 Å². The molecule has 4 rings (SSSR count). The zero-order chi connectivity index (χ0) is 32.7. The van der Waals surface area contributed by atoms with Gasteiger partial charge < -0.3 is 25.8 Å². The average Bonchev–Trinajstić information content (AvgIpc) is 3.03. The number of nitrogens with one attached hydrogen (secondary N) is 3. The number of carbonyl (C=O) groups excluding carboxylic acids is 3. The lowest BCUT2D eigenvalue weighted by Crippen LogP contribution is -2.41. The van der Waals surface area contributed by atoms with Gasteiger partial charge in [0.15, 0.2) is 0 Å². The van der Waals surface area contributed by atoms with Gasteiger partial charge >= 0.3 is 5.97 Å². The van der Waals surface area contributed by atoms with Crippen LogP contribution in [0.15, 0.2) is 85.1 Å². The van der Waals surface area contributed by atoms with Crippen molar-refractivity contribution in [2.24, 2.45) is 11.1 Å². The molecule has 0 saturated heterocycles. The zero-order valence-corrected chi connectivity index (χ0v) is 25.9. The van der Waals surface area contributed by atoms with E-state index in [0.29, 0.717) is 22.6 Å². The molecule has 1 atom stereocenters. The molecule has 0 radical (unpaired) electrons. The fraction of sp³-hybridized carbons (Fsp3) is 0.229. The molecule has 1 aromatic heterocycles. The number of esters is 1. The van der Waals surface area contributed by atoms with Crippen molar-refractivity contribution >= 4 is 29.3 Å². The summed E-state index contributed by atoms with van der Waals surface area (Å²) in [5.74, 6) is -1.26. The van der Waals surface area contributed by atoms with Crippen molar-refractivity contribution in [1.82, 2.24) is 10.3 Å². The fourth-order valence-electron chi connectivity index (χ4n) is 4.29. The SMILES string of the molecule is COc1ccc(-c2ccc(C(=O)NC(C)C(C)(C)C)cc2C(=O)OCc2ccccc2)c(C(=O)Nc2ccc(C(=N)N)nc2)c1. The second-order valence-electron chi connectivity index (χ2n) is 11.6. The Hall–Kier alpha value is -5.51. The Bertz CT molecular complexity index is 1710. The van der Waals surface area contributed by atoms with Crippen molar-refractivity contribution < 1.29 is 23.9 Å². The van der Waals surface area contributed by atoms with Crippen LogP contribution in [0.3, 0.4) is 0 Å². The minimum Gasteiger partial charge on any atom is -0.497 e. The lowest BCUT2D eigenvalue weighted by atomic mass is 9.87. The number of rotatable bonds is 10. The van der Waals surface area contributed by atoms with Gasteiger partial charge in [-0.2, -0.15) is 0 Å². The maximum atomic E-state index is 13.6. The molecular formula is C35H37N5O5. The molecule has 0 aliphatic carbocycles. The summed E-state index contributed by atoms with van der Waals surface area (Å²) in [5, 5.41) is 13.3. The Balaban J connectivity index is 1.76. The van der Waals surface area contributed by atoms with Crippen molar-refractivity contribution in [1.29, 1.82) is 5.41 Å². The van der Waals surface area contributed by atoms with Gasteiger partial charge in [-0.05, 0) is 71.5 Å². The van der Waals surface area contributed by atoms with E-state index in [0.717, 1.165) is 5.56 Å². The Morgan fingerprint density at radius 3 is 2.22 bits per heavy atom. The van der Waals surface area contributed by atoms with Gasteiger partial charge in [-0.25, -0.2) is 4.79 Å². The monoisotopic (exact) mass is 607 g/mol. The first kappa shape index (κ1) is 32.4. The van der Waals surface area contributed by atoms with Gasteiger partial charge in [-0.3, -0.25) is 20.0 Å². The standard InChI is InChI=1S/C35H37N5O5/c1-21(35(2,3)4)39-32(41)23-11-14-27(29(17-23)34(43)45-20-22-9-7-6-8-10-22)26-15-13-25(44-5)18-28(26)33(42)40-24-12-16-30(31(36)37)38-19-24/h6-19,21H,20H2,1-5H3,(H3,36,37)(H,39,41)(H,40,42). The molecule has 232 valence electrons. The van der Waals surface area contributed by atoms with Gasteiger partial charge in [0.05, 0.1) is 30.1 Å². The number of carbonyl (C=O) groups is 3. The number of amides is 2. The van der Waals surface area contributed by atoms with E-state index in [1.165, 1.54) is 25.4 Å². The topological polar surface area (TPSA) is 156 Å². The highest BCUT2D eigenvalue weighted by Gasteiger charge is 2.25. The molecular weight excluding hydrogens is 570 g/mol. The normalized spacial score (nSPS) is 11.7. The molecule has 0 aliphatic heterocycles. The van der Waals surface area contributed by atoms with Gasteiger partial charge in [-0.1, -0.05) is 57.2 Å². The summed E-state index contributed by atoms with van der Waals surface area (Å²) in [5.41, 5.74) is 8.18. The Kier molecular flexibility index (Phi) is 9.98. The number of benzene rings is 3. The van der Waals surface area contributed by atoms with Crippen LogP contribution in [0.5, 0.6) is 5.75 Å². The molecule has 0 fully saturated rings. The average molecular weight is 608 g/mol. The minimum atomic E-state index is -0.654. The number of nitrogens with zero attached hydrogens (tertiary/aromatic N) is 1. The largest absolute Gasteiger partial charge is 0.497 e. The van der Waals surface area contributed by atoms with Crippen LogP contribution in [0.25, 0.3) is 11.1 Å². The third-order valence-corrected chi connectivity index (χ3v) is 7.42. The van der Waals surface area contributed by atoms with E-state index in [4.69, 9.17) is 20.6 Å². The lowest BCUT2D eigenvalue weighted by molar-refractivity contribution is 0.0473. The highest BCUT2D eigenvalue weighted by atomic mass is 16.5. The molecule has 2 amide bonds. The summed E-state index contributed by atoms with van der Waals surface area (Å²) >= 11 is 0. The minimum absolute atomic E-state index is 0.0236. The molecule has 0 aliphatic rings. The highest BCUT2D eigenvalue weighted by molar-refractivity contribution is 6.11. The molecule has 45 heavy (non-hydrogen) atoms. The van der Waals surface area contributed by atoms with Crippen LogP contribution in [0.1, 0.15) is 70.0 Å². The number of hydrogen-bond donors (Lipinski definition) is 4. The van der Waals surface area contributed by atoms with Crippen LogP contribution in [0.4, 0.5) is 5.69 Å². The number of hydrogen-bond acceptors (Lipinski definition) is 7. The van der Waals surface area contributed by atoms with E-state index < -0.39 is 11.9 Å². The van der Waals surface area contributed by atoms with Crippen LogP contribution < -0.4 is 21.1 Å². The first-order valence-electron chi connectivity index (χ1n) is 14.3. The van der Waals surface area contributed by atoms with Gasteiger partial charge in [0, 0.05) is 11.6 Å². The van der Waals surface area contributed by atoms with Crippen LogP contribution in [-0.2, 0) is 11.3 Å². The molecule has 0 spiro atoms. The third-order valence-electron chi connectivity index (χ3n) is 7.42. The smallest absolute Gasteiger partial charge is 0.339 e. The molecule has 1 unspecified atom stereocenters. The van der Waals surface area contributed by atoms with Crippen LogP contribution in [0.2, 0.25) is 0 Å². The molecule has 5 N–H and O–H groups in total. The number of pyridine rings is 1. The number of nitrogen functional groups attached to an aromatic ring is 1. The van der Waals surface area contributed by atoms with E-state index in [-0.39, 0.29) is 52.2 Å². The second kappa shape index (κ2) is 13.9. The molecule has 3 aromatic carbocycles. The summed E-state index contributed by atoms with van der Waals surface area (Å²) in [6, 6.07) is 21.9. The third kappa shape index (κ3) is 8.11. The van der Waals surface area contributed by atoms with Crippen molar-refractivity contribution in [2.75, 3.05) is 12.4 Å². The van der Waals surface area contributed by atoms with Gasteiger partial charge in [0.25, 0.3) is 11.8 Å². The first-order chi connectivity index (χ1) is 21.4. The van der Waals surface area contributed by atoms with Gasteiger partial charge in [0.2, 0.25) is 0 Å². The number of nitrogens with two attached hydrogens (primary N) is 1. The summed E-state index contributed by atoms with van der Waals surface area (Å²) in [6.07, 6.45) is 1.40. The molecule has 10 heteroatoms.